The van der Waals surface area contributed by atoms with Crippen LogP contribution in [-0.4, -0.2) is 37.4 Å². The molecule has 0 atom stereocenters. The van der Waals surface area contributed by atoms with Crippen molar-refractivity contribution < 1.29 is 14.3 Å². The molecule has 4 aromatic rings. The first-order valence-electron chi connectivity index (χ1n) is 13.4. The van der Waals surface area contributed by atoms with Crippen LogP contribution in [0.1, 0.15) is 50.5 Å². The van der Waals surface area contributed by atoms with Gasteiger partial charge in [-0.25, -0.2) is 4.98 Å². The van der Waals surface area contributed by atoms with Crippen LogP contribution in [0.5, 0.6) is 5.75 Å². The Morgan fingerprint density at radius 3 is 2.67 bits per heavy atom. The number of aromatic nitrogens is 1. The second-order valence-electron chi connectivity index (χ2n) is 10.3. The highest BCUT2D eigenvalue weighted by Gasteiger charge is 2.30. The number of hydrogen-bond acceptors (Lipinski definition) is 6. The number of ether oxygens (including phenoxy) is 1. The lowest BCUT2D eigenvalue weighted by Crippen LogP contribution is -2.33. The lowest BCUT2D eigenvalue weighted by Gasteiger charge is -2.24. The molecule has 39 heavy (non-hydrogen) atoms. The van der Waals surface area contributed by atoms with Crippen molar-refractivity contribution in [3.05, 3.63) is 94.5 Å². The molecule has 2 aromatic carbocycles. The molecule has 3 heterocycles. The number of methoxy groups -OCH3 is 1. The Bertz CT molecular complexity index is 1540. The van der Waals surface area contributed by atoms with Gasteiger partial charge < -0.3 is 14.5 Å². The molecule has 0 spiro atoms. The number of rotatable bonds is 8. The topological polar surface area (TPSA) is 62.7 Å². The average Bonchev–Trinajstić information content (AvgIpc) is 3.71. The van der Waals surface area contributed by atoms with E-state index in [1.165, 1.54) is 12.8 Å². The minimum Gasteiger partial charge on any atom is -0.496 e. The maximum Gasteiger partial charge on any atom is 0.276 e. The van der Waals surface area contributed by atoms with Gasteiger partial charge in [-0.3, -0.25) is 9.59 Å². The molecule has 1 aliphatic heterocycles. The van der Waals surface area contributed by atoms with Gasteiger partial charge in [-0.15, -0.1) is 11.3 Å². The van der Waals surface area contributed by atoms with E-state index in [9.17, 15) is 9.59 Å². The fourth-order valence-corrected chi connectivity index (χ4v) is 6.39. The van der Waals surface area contributed by atoms with E-state index in [0.717, 1.165) is 37.9 Å². The molecule has 1 saturated carbocycles. The number of nitrogens with zero attached hydrogens (tertiary/aromatic N) is 3. The molecule has 0 N–H and O–H groups in total. The molecule has 198 valence electrons. The monoisotopic (exact) mass is 537 g/mol. The van der Waals surface area contributed by atoms with Gasteiger partial charge in [-0.05, 0) is 61.1 Å². The van der Waals surface area contributed by atoms with Gasteiger partial charge in [0.05, 0.1) is 17.7 Å². The molecule has 6 nitrogen and oxygen atoms in total. The van der Waals surface area contributed by atoms with Gasteiger partial charge in [0.15, 0.2) is 5.78 Å². The minimum atomic E-state index is -0.129. The largest absolute Gasteiger partial charge is 0.496 e. The number of carbonyl (C=O) groups excluding carboxylic acids is 2. The van der Waals surface area contributed by atoms with Crippen molar-refractivity contribution in [2.75, 3.05) is 30.5 Å². The number of ketones is 1. The third kappa shape index (κ3) is 5.19. The summed E-state index contributed by atoms with van der Waals surface area (Å²) in [7, 11) is 3.63. The number of benzene rings is 2. The van der Waals surface area contributed by atoms with E-state index in [1.54, 1.807) is 24.5 Å². The summed E-state index contributed by atoms with van der Waals surface area (Å²) in [5.74, 6) is 2.22. The number of thiophene rings is 1. The lowest BCUT2D eigenvalue weighted by atomic mass is 10.1. The lowest BCUT2D eigenvalue weighted by molar-refractivity contribution is 0.0972. The highest BCUT2D eigenvalue weighted by atomic mass is 32.1. The van der Waals surface area contributed by atoms with Crippen molar-refractivity contribution in [2.24, 2.45) is 5.92 Å². The molecule has 0 radical (unpaired) electrons. The van der Waals surface area contributed by atoms with E-state index in [-0.39, 0.29) is 11.7 Å². The third-order valence-electron chi connectivity index (χ3n) is 7.49. The van der Waals surface area contributed by atoms with Crippen molar-refractivity contribution in [2.45, 2.75) is 32.2 Å². The third-order valence-corrected chi connectivity index (χ3v) is 8.74. The Labute approximate surface area is 232 Å². The summed E-state index contributed by atoms with van der Waals surface area (Å²) in [5.41, 5.74) is 4.45. The zero-order chi connectivity index (χ0) is 26.9. The number of pyridine rings is 1. The maximum absolute atomic E-state index is 13.9. The summed E-state index contributed by atoms with van der Waals surface area (Å²) in [6, 6.07) is 23.5. The van der Waals surface area contributed by atoms with Gasteiger partial charge in [0.25, 0.3) is 5.91 Å². The van der Waals surface area contributed by atoms with Crippen LogP contribution in [0.25, 0.3) is 10.4 Å². The zero-order valence-electron chi connectivity index (χ0n) is 22.2. The van der Waals surface area contributed by atoms with Crippen LogP contribution in [0.2, 0.25) is 0 Å². The molecule has 6 rings (SSSR count). The van der Waals surface area contributed by atoms with Gasteiger partial charge in [-0.2, -0.15) is 0 Å². The van der Waals surface area contributed by atoms with Crippen molar-refractivity contribution in [3.8, 4) is 16.2 Å². The smallest absolute Gasteiger partial charge is 0.276 e. The first-order chi connectivity index (χ1) is 19.0. The maximum atomic E-state index is 13.9. The second kappa shape index (κ2) is 10.7. The molecular weight excluding hydrogens is 506 g/mol. The Balaban J connectivity index is 1.26. The molecule has 0 bridgehead atoms. The van der Waals surface area contributed by atoms with Gasteiger partial charge in [-0.1, -0.05) is 42.5 Å². The van der Waals surface area contributed by atoms with E-state index < -0.39 is 0 Å². The van der Waals surface area contributed by atoms with Crippen LogP contribution in [0, 0.1) is 5.92 Å². The number of hydrogen-bond donors (Lipinski definition) is 0. The summed E-state index contributed by atoms with van der Waals surface area (Å²) < 4.78 is 5.50. The predicted octanol–water partition coefficient (Wildman–Crippen LogP) is 6.64. The molecule has 1 amide bonds. The fourth-order valence-electron chi connectivity index (χ4n) is 5.19. The van der Waals surface area contributed by atoms with E-state index >= 15 is 0 Å². The average molecular weight is 538 g/mol. The highest BCUT2D eigenvalue weighted by Crippen LogP contribution is 2.43. The zero-order valence-corrected chi connectivity index (χ0v) is 23.0. The van der Waals surface area contributed by atoms with E-state index in [0.29, 0.717) is 43.4 Å². The van der Waals surface area contributed by atoms with Crippen LogP contribution in [0.15, 0.2) is 72.8 Å². The van der Waals surface area contributed by atoms with E-state index in [1.807, 2.05) is 71.4 Å². The molecule has 2 aliphatic rings. The number of carbonyl (C=O) groups is 2. The standard InChI is InChI=1S/C32H31N3O3S/c1-34(20-23-8-3-6-12-28(23)38-2)30-13-7-10-25(33-30)32(37)35-17-16-22-19-29(27(36)18-21-14-15-21)39-31(22)24-9-4-5-11-26(24)35/h3-13,19,21H,14-18,20H2,1-2H3. The normalized spacial score (nSPS) is 14.3. The van der Waals surface area contributed by atoms with Gasteiger partial charge in [0.1, 0.15) is 17.3 Å². The number of anilines is 2. The number of fused-ring (bicyclic) bond motifs is 3. The van der Waals surface area contributed by atoms with E-state index in [2.05, 4.69) is 12.1 Å². The van der Waals surface area contributed by atoms with Crippen molar-refractivity contribution in [3.63, 3.8) is 0 Å². The Hall–Kier alpha value is -3.97. The van der Waals surface area contributed by atoms with Crippen LogP contribution < -0.4 is 14.5 Å². The number of para-hydroxylation sites is 2. The minimum absolute atomic E-state index is 0.129. The van der Waals surface area contributed by atoms with Crippen LogP contribution in [-0.2, 0) is 13.0 Å². The Morgan fingerprint density at radius 1 is 1.05 bits per heavy atom. The quantitative estimate of drug-likeness (QED) is 0.236. The first kappa shape index (κ1) is 25.3. The van der Waals surface area contributed by atoms with Gasteiger partial charge >= 0.3 is 0 Å². The van der Waals surface area contributed by atoms with Gasteiger partial charge in [0.2, 0.25) is 0 Å². The highest BCUT2D eigenvalue weighted by molar-refractivity contribution is 7.17. The van der Waals surface area contributed by atoms with Crippen molar-refractivity contribution >= 4 is 34.5 Å². The second-order valence-corrected chi connectivity index (χ2v) is 11.4. The molecule has 1 fully saturated rings. The van der Waals surface area contributed by atoms with Crippen LogP contribution in [0.4, 0.5) is 11.5 Å². The molecule has 2 aromatic heterocycles. The molecule has 1 aliphatic carbocycles. The molecular formula is C32H31N3O3S. The van der Waals surface area contributed by atoms with E-state index in [4.69, 9.17) is 9.72 Å². The summed E-state index contributed by atoms with van der Waals surface area (Å²) in [6.45, 7) is 1.13. The fraction of sp³-hybridized carbons (Fsp3) is 0.281. The van der Waals surface area contributed by atoms with Crippen molar-refractivity contribution in [1.82, 2.24) is 4.98 Å². The molecule has 0 unspecified atom stereocenters. The summed E-state index contributed by atoms with van der Waals surface area (Å²) in [4.78, 5) is 37.3. The van der Waals surface area contributed by atoms with Crippen LogP contribution >= 0.6 is 11.3 Å². The van der Waals surface area contributed by atoms with Crippen LogP contribution in [0.3, 0.4) is 0 Å². The Morgan fingerprint density at radius 2 is 1.85 bits per heavy atom. The summed E-state index contributed by atoms with van der Waals surface area (Å²) in [5, 5.41) is 0. The van der Waals surface area contributed by atoms with Crippen molar-refractivity contribution in [1.29, 1.82) is 0 Å². The first-order valence-corrected chi connectivity index (χ1v) is 14.2. The Kier molecular flexibility index (Phi) is 6.92. The predicted molar refractivity (Wildman–Crippen MR) is 156 cm³/mol. The molecule has 0 saturated heterocycles. The molecule has 7 heteroatoms. The summed E-state index contributed by atoms with van der Waals surface area (Å²) >= 11 is 1.57. The number of amides is 1. The number of Topliss-reactive ketones (excluding diaryl/α,β-unsaturated/α-hetero) is 1. The summed E-state index contributed by atoms with van der Waals surface area (Å²) in [6.07, 6.45) is 3.68. The SMILES string of the molecule is COc1ccccc1CN(C)c1cccc(C(=O)N2CCc3cc(C(=O)CC4CC4)sc3-c3ccccc32)n1. The van der Waals surface area contributed by atoms with Gasteiger partial charge in [0, 0.05) is 42.6 Å².